The second kappa shape index (κ2) is 14.6. The van der Waals surface area contributed by atoms with E-state index in [4.69, 9.17) is 4.42 Å². The first-order chi connectivity index (χ1) is 29.3. The molecular weight excluding hydrogens is 717 g/mol. The van der Waals surface area contributed by atoms with Crippen LogP contribution in [0.5, 0.6) is 0 Å². The van der Waals surface area contributed by atoms with Crippen molar-refractivity contribution in [2.24, 2.45) is 0 Å². The lowest BCUT2D eigenvalue weighted by Crippen LogP contribution is -2.11. The first-order valence-corrected chi connectivity index (χ1v) is 20.1. The van der Waals surface area contributed by atoms with Crippen LogP contribution >= 0.6 is 0 Å². The fraction of sp³-hybridized carbons (Fsp3) is 0. The molecule has 11 aromatic rings. The average Bonchev–Trinajstić information content (AvgIpc) is 3.70. The van der Waals surface area contributed by atoms with Crippen molar-refractivity contribution >= 4 is 77.6 Å². The van der Waals surface area contributed by atoms with Crippen molar-refractivity contribution in [2.75, 3.05) is 9.80 Å². The molecule has 0 unspecified atom stereocenters. The maximum Gasteiger partial charge on any atom is 0.143 e. The predicted molar refractivity (Wildman–Crippen MR) is 249 cm³/mol. The van der Waals surface area contributed by atoms with E-state index in [-0.39, 0.29) is 0 Å². The number of rotatable bonds is 8. The maximum atomic E-state index is 6.99. The number of furan rings is 1. The Labute approximate surface area is 343 Å². The lowest BCUT2D eigenvalue weighted by Gasteiger charge is -2.27. The summed E-state index contributed by atoms with van der Waals surface area (Å²) >= 11 is 0. The Morgan fingerprint density at radius 3 is 1.47 bits per heavy atom. The molecule has 3 nitrogen and oxygen atoms in total. The number of hydrogen-bond donors (Lipinski definition) is 0. The third-order valence-corrected chi connectivity index (χ3v) is 11.4. The number of hydrogen-bond acceptors (Lipinski definition) is 3. The van der Waals surface area contributed by atoms with E-state index in [9.17, 15) is 0 Å². The second-order valence-corrected chi connectivity index (χ2v) is 14.9. The Bertz CT molecular complexity index is 3210. The van der Waals surface area contributed by atoms with Gasteiger partial charge in [0.15, 0.2) is 0 Å². The summed E-state index contributed by atoms with van der Waals surface area (Å²) in [4.78, 5) is 4.63. The van der Waals surface area contributed by atoms with Crippen molar-refractivity contribution in [3.8, 4) is 22.3 Å². The first-order valence-electron chi connectivity index (χ1n) is 20.1. The molecule has 0 radical (unpaired) electrons. The van der Waals surface area contributed by atoms with Gasteiger partial charge in [-0.1, -0.05) is 146 Å². The van der Waals surface area contributed by atoms with Gasteiger partial charge in [0.25, 0.3) is 0 Å². The highest BCUT2D eigenvalue weighted by molar-refractivity contribution is 6.30. The van der Waals surface area contributed by atoms with E-state index in [0.29, 0.717) is 0 Å². The van der Waals surface area contributed by atoms with Crippen LogP contribution in [0.4, 0.5) is 34.1 Å². The first kappa shape index (κ1) is 34.4. The molecule has 1 heterocycles. The maximum absolute atomic E-state index is 6.99. The summed E-state index contributed by atoms with van der Waals surface area (Å²) in [6, 6.07) is 82.0. The lowest BCUT2D eigenvalue weighted by atomic mass is 9.94. The average molecular weight is 755 g/mol. The molecule has 10 aromatic carbocycles. The number of para-hydroxylation sites is 4. The summed E-state index contributed by atoms with van der Waals surface area (Å²) in [6.45, 7) is 0. The highest BCUT2D eigenvalue weighted by atomic mass is 16.3. The molecule has 0 N–H and O–H groups in total. The van der Waals surface area contributed by atoms with Crippen molar-refractivity contribution in [1.29, 1.82) is 0 Å². The largest absolute Gasteiger partial charge is 0.455 e. The predicted octanol–water partition coefficient (Wildman–Crippen LogP) is 16.2. The molecule has 0 atom stereocenters. The summed E-state index contributed by atoms with van der Waals surface area (Å²) in [5, 5.41) is 6.92. The molecule has 0 aliphatic rings. The number of nitrogens with zero attached hydrogens (tertiary/aromatic N) is 2. The molecule has 0 fully saturated rings. The van der Waals surface area contributed by atoms with Crippen LogP contribution in [0.15, 0.2) is 235 Å². The van der Waals surface area contributed by atoms with Crippen LogP contribution < -0.4 is 9.80 Å². The summed E-state index contributed by atoms with van der Waals surface area (Å²) in [5.41, 5.74) is 13.0. The van der Waals surface area contributed by atoms with Gasteiger partial charge in [-0.15, -0.1) is 0 Å². The molecule has 0 aliphatic heterocycles. The molecule has 59 heavy (non-hydrogen) atoms. The minimum absolute atomic E-state index is 0.856. The zero-order valence-electron chi connectivity index (χ0n) is 32.2. The van der Waals surface area contributed by atoms with Gasteiger partial charge in [0.1, 0.15) is 11.2 Å². The van der Waals surface area contributed by atoms with Gasteiger partial charge < -0.3 is 14.2 Å². The van der Waals surface area contributed by atoms with Gasteiger partial charge in [-0.05, 0) is 112 Å². The standard InChI is InChI=1S/C56H38N2O/c1-5-17-40(18-6-1)47-25-15-16-28-53(47)58(44-23-11-4-12-24-44)46-34-36-51-54(38-46)59-56-50-35-31-41(37-52(50)48-26-13-14-27-49(48)55(51)56)39-29-32-45(33-30-39)57(42-19-7-2-8-20-42)43-21-9-3-10-22-43/h1-38H. The van der Waals surface area contributed by atoms with Crippen LogP contribution in [-0.4, -0.2) is 0 Å². The monoisotopic (exact) mass is 754 g/mol. The van der Waals surface area contributed by atoms with Gasteiger partial charge in [-0.25, -0.2) is 0 Å². The van der Waals surface area contributed by atoms with Gasteiger partial charge in [-0.2, -0.15) is 0 Å². The number of anilines is 6. The highest BCUT2D eigenvalue weighted by Crippen LogP contribution is 2.46. The fourth-order valence-corrected chi connectivity index (χ4v) is 8.70. The Morgan fingerprint density at radius 1 is 0.288 bits per heavy atom. The molecule has 3 heteroatoms. The Hall–Kier alpha value is -7.88. The molecule has 0 saturated heterocycles. The van der Waals surface area contributed by atoms with Crippen LogP contribution in [-0.2, 0) is 0 Å². The van der Waals surface area contributed by atoms with E-state index < -0.39 is 0 Å². The third-order valence-electron chi connectivity index (χ3n) is 11.4. The molecule has 11 rings (SSSR count). The van der Waals surface area contributed by atoms with Crippen LogP contribution in [0.3, 0.4) is 0 Å². The second-order valence-electron chi connectivity index (χ2n) is 14.9. The quantitative estimate of drug-likeness (QED) is 0.144. The van der Waals surface area contributed by atoms with Crippen LogP contribution in [0, 0.1) is 0 Å². The van der Waals surface area contributed by atoms with Gasteiger partial charge >= 0.3 is 0 Å². The molecule has 0 aliphatic carbocycles. The Morgan fingerprint density at radius 2 is 0.797 bits per heavy atom. The molecule has 0 bridgehead atoms. The van der Waals surface area contributed by atoms with E-state index in [1.165, 1.54) is 21.7 Å². The lowest BCUT2D eigenvalue weighted by molar-refractivity contribution is 0.673. The highest BCUT2D eigenvalue weighted by Gasteiger charge is 2.21. The van der Waals surface area contributed by atoms with Gasteiger partial charge in [-0.3, -0.25) is 0 Å². The van der Waals surface area contributed by atoms with Crippen molar-refractivity contribution in [3.63, 3.8) is 0 Å². The van der Waals surface area contributed by atoms with E-state index in [1.54, 1.807) is 0 Å². The van der Waals surface area contributed by atoms with E-state index >= 15 is 0 Å². The van der Waals surface area contributed by atoms with Gasteiger partial charge in [0.05, 0.1) is 5.69 Å². The van der Waals surface area contributed by atoms with Crippen molar-refractivity contribution in [1.82, 2.24) is 0 Å². The van der Waals surface area contributed by atoms with E-state index in [2.05, 4.69) is 240 Å². The zero-order chi connectivity index (χ0) is 39.1. The van der Waals surface area contributed by atoms with Crippen LogP contribution in [0.2, 0.25) is 0 Å². The minimum atomic E-state index is 0.856. The SMILES string of the molecule is c1ccc(-c2ccccc2N(c2ccccc2)c2ccc3c(c2)oc2c4ccc(-c5ccc(N(c6ccccc6)c6ccccc6)cc5)cc4c4ccccc4c32)cc1. The molecule has 0 amide bonds. The Balaban J connectivity index is 1.04. The summed E-state index contributed by atoms with van der Waals surface area (Å²) < 4.78 is 6.99. The van der Waals surface area contributed by atoms with E-state index in [1.807, 2.05) is 0 Å². The van der Waals surface area contributed by atoms with Crippen molar-refractivity contribution < 1.29 is 4.42 Å². The summed E-state index contributed by atoms with van der Waals surface area (Å²) in [6.07, 6.45) is 0. The molecular formula is C56H38N2O. The minimum Gasteiger partial charge on any atom is -0.455 e. The molecule has 0 spiro atoms. The molecule has 1 aromatic heterocycles. The molecule has 278 valence electrons. The normalized spacial score (nSPS) is 11.4. The topological polar surface area (TPSA) is 19.6 Å². The van der Waals surface area contributed by atoms with Crippen molar-refractivity contribution in [2.45, 2.75) is 0 Å². The van der Waals surface area contributed by atoms with Gasteiger partial charge in [0, 0.05) is 56.2 Å². The third kappa shape index (κ3) is 6.08. The fourth-order valence-electron chi connectivity index (χ4n) is 8.70. The van der Waals surface area contributed by atoms with Crippen molar-refractivity contribution in [3.05, 3.63) is 231 Å². The summed E-state index contributed by atoms with van der Waals surface area (Å²) in [5.74, 6) is 0. The Kier molecular flexibility index (Phi) is 8.49. The number of fused-ring (bicyclic) bond motifs is 8. The number of benzene rings is 10. The van der Waals surface area contributed by atoms with Crippen LogP contribution in [0.1, 0.15) is 0 Å². The molecule has 0 saturated carbocycles. The summed E-state index contributed by atoms with van der Waals surface area (Å²) in [7, 11) is 0. The van der Waals surface area contributed by atoms with E-state index in [0.717, 1.165) is 78.1 Å². The van der Waals surface area contributed by atoms with Gasteiger partial charge in [0.2, 0.25) is 0 Å². The smallest absolute Gasteiger partial charge is 0.143 e. The zero-order valence-corrected chi connectivity index (χ0v) is 32.2. The van der Waals surface area contributed by atoms with Crippen LogP contribution in [0.25, 0.3) is 65.7 Å².